The number of rotatable bonds is 5. The van der Waals surface area contributed by atoms with Gasteiger partial charge in [-0.15, -0.1) is 0 Å². The van der Waals surface area contributed by atoms with Gasteiger partial charge in [-0.2, -0.15) is 0 Å². The Hall–Kier alpha value is -2.01. The van der Waals surface area contributed by atoms with E-state index in [2.05, 4.69) is 35.9 Å². The highest BCUT2D eigenvalue weighted by Crippen LogP contribution is 2.50. The van der Waals surface area contributed by atoms with E-state index in [0.29, 0.717) is 17.5 Å². The van der Waals surface area contributed by atoms with Gasteiger partial charge in [-0.1, -0.05) is 29.8 Å². The van der Waals surface area contributed by atoms with Crippen molar-refractivity contribution in [3.63, 3.8) is 0 Å². The SMILES string of the molecule is COc1ccc(NS(C)(=O)=O)cc1C1CC(c2ccc(C)cc2)C1. The first-order chi connectivity index (χ1) is 11.4. The number of benzene rings is 2. The first-order valence-electron chi connectivity index (χ1n) is 8.08. The minimum absolute atomic E-state index is 0.396. The monoisotopic (exact) mass is 345 g/mol. The molecule has 0 saturated heterocycles. The van der Waals surface area contributed by atoms with Gasteiger partial charge >= 0.3 is 0 Å². The van der Waals surface area contributed by atoms with E-state index in [0.717, 1.165) is 30.4 Å². The Kier molecular flexibility index (Phi) is 4.54. The summed E-state index contributed by atoms with van der Waals surface area (Å²) < 4.78 is 30.9. The minimum atomic E-state index is -3.28. The number of anilines is 1. The van der Waals surface area contributed by atoms with E-state index in [1.54, 1.807) is 13.2 Å². The number of hydrogen-bond donors (Lipinski definition) is 1. The van der Waals surface area contributed by atoms with E-state index in [4.69, 9.17) is 4.74 Å². The van der Waals surface area contributed by atoms with Crippen molar-refractivity contribution in [3.8, 4) is 5.75 Å². The highest BCUT2D eigenvalue weighted by molar-refractivity contribution is 7.92. The van der Waals surface area contributed by atoms with Crippen molar-refractivity contribution in [1.82, 2.24) is 0 Å². The minimum Gasteiger partial charge on any atom is -0.496 e. The van der Waals surface area contributed by atoms with Crippen LogP contribution in [-0.2, 0) is 10.0 Å². The molecule has 128 valence electrons. The topological polar surface area (TPSA) is 55.4 Å². The van der Waals surface area contributed by atoms with Crippen LogP contribution in [0.15, 0.2) is 42.5 Å². The molecule has 0 spiro atoms. The maximum absolute atomic E-state index is 11.4. The molecule has 4 nitrogen and oxygen atoms in total. The maximum atomic E-state index is 11.4. The molecule has 0 bridgehead atoms. The van der Waals surface area contributed by atoms with Crippen molar-refractivity contribution in [2.24, 2.45) is 0 Å². The number of hydrogen-bond acceptors (Lipinski definition) is 3. The second-order valence-electron chi connectivity index (χ2n) is 6.61. The molecule has 0 aliphatic heterocycles. The van der Waals surface area contributed by atoms with Crippen LogP contribution in [0.3, 0.4) is 0 Å². The molecule has 0 radical (unpaired) electrons. The predicted molar refractivity (Wildman–Crippen MR) is 97.4 cm³/mol. The second-order valence-corrected chi connectivity index (χ2v) is 8.36. The van der Waals surface area contributed by atoms with E-state index in [1.165, 1.54) is 11.1 Å². The summed E-state index contributed by atoms with van der Waals surface area (Å²) in [7, 11) is -1.63. The zero-order valence-corrected chi connectivity index (χ0v) is 15.1. The molecule has 1 fully saturated rings. The van der Waals surface area contributed by atoms with Crippen LogP contribution in [0.4, 0.5) is 5.69 Å². The molecule has 1 saturated carbocycles. The third-order valence-corrected chi connectivity index (χ3v) is 5.27. The van der Waals surface area contributed by atoms with Crippen LogP contribution in [0.5, 0.6) is 5.75 Å². The largest absolute Gasteiger partial charge is 0.496 e. The Morgan fingerprint density at radius 3 is 2.29 bits per heavy atom. The Labute approximate surface area is 143 Å². The van der Waals surface area contributed by atoms with Gasteiger partial charge in [0, 0.05) is 5.69 Å². The quantitative estimate of drug-likeness (QED) is 0.890. The van der Waals surface area contributed by atoms with E-state index >= 15 is 0 Å². The standard InChI is InChI=1S/C19H23NO3S/c1-13-4-6-14(7-5-13)15-10-16(11-15)18-12-17(20-24(3,21)22)8-9-19(18)23-2/h4-9,12,15-16,20H,10-11H2,1-3H3. The van der Waals surface area contributed by atoms with Gasteiger partial charge < -0.3 is 4.74 Å². The Bertz CT molecular complexity index is 822. The van der Waals surface area contributed by atoms with Crippen LogP contribution in [0.1, 0.15) is 41.4 Å². The zero-order valence-electron chi connectivity index (χ0n) is 14.2. The predicted octanol–water partition coefficient (Wildman–Crippen LogP) is 4.04. The van der Waals surface area contributed by atoms with Crippen LogP contribution < -0.4 is 9.46 Å². The van der Waals surface area contributed by atoms with E-state index in [-0.39, 0.29) is 0 Å². The van der Waals surface area contributed by atoms with Crippen LogP contribution in [0, 0.1) is 6.92 Å². The summed E-state index contributed by atoms with van der Waals surface area (Å²) in [5.41, 5.74) is 4.32. The number of ether oxygens (including phenoxy) is 1. The highest BCUT2D eigenvalue weighted by Gasteiger charge is 2.33. The highest BCUT2D eigenvalue weighted by atomic mass is 32.2. The summed E-state index contributed by atoms with van der Waals surface area (Å²) in [6.07, 6.45) is 3.27. The number of sulfonamides is 1. The lowest BCUT2D eigenvalue weighted by molar-refractivity contribution is 0.333. The van der Waals surface area contributed by atoms with Crippen molar-refractivity contribution >= 4 is 15.7 Å². The summed E-state index contributed by atoms with van der Waals surface area (Å²) in [4.78, 5) is 0. The lowest BCUT2D eigenvalue weighted by Crippen LogP contribution is -2.21. The average Bonchev–Trinajstić information content (AvgIpc) is 2.46. The molecular weight excluding hydrogens is 322 g/mol. The smallest absolute Gasteiger partial charge is 0.229 e. The van der Waals surface area contributed by atoms with Gasteiger partial charge in [0.05, 0.1) is 13.4 Å². The molecule has 1 aliphatic rings. The Morgan fingerprint density at radius 2 is 1.71 bits per heavy atom. The van der Waals surface area contributed by atoms with E-state index in [9.17, 15) is 8.42 Å². The fourth-order valence-corrected chi connectivity index (χ4v) is 3.87. The summed E-state index contributed by atoms with van der Waals surface area (Å²) >= 11 is 0. The second kappa shape index (κ2) is 6.48. The number of nitrogens with one attached hydrogen (secondary N) is 1. The molecule has 3 rings (SSSR count). The summed E-state index contributed by atoms with van der Waals surface area (Å²) in [5.74, 6) is 1.78. The van der Waals surface area contributed by atoms with Crippen LogP contribution >= 0.6 is 0 Å². The van der Waals surface area contributed by atoms with Crippen LogP contribution in [0.2, 0.25) is 0 Å². The Balaban J connectivity index is 1.77. The molecule has 24 heavy (non-hydrogen) atoms. The van der Waals surface area contributed by atoms with Crippen LogP contribution in [0.25, 0.3) is 0 Å². The van der Waals surface area contributed by atoms with Crippen molar-refractivity contribution in [2.75, 3.05) is 18.1 Å². The van der Waals surface area contributed by atoms with Gasteiger partial charge in [-0.3, -0.25) is 4.72 Å². The third-order valence-electron chi connectivity index (χ3n) is 4.66. The third kappa shape index (κ3) is 3.73. The molecule has 5 heteroatoms. The molecular formula is C19H23NO3S. The van der Waals surface area contributed by atoms with Gasteiger partial charge in [-0.25, -0.2) is 8.42 Å². The van der Waals surface area contributed by atoms with E-state index < -0.39 is 10.0 Å². The van der Waals surface area contributed by atoms with E-state index in [1.807, 2.05) is 12.1 Å². The van der Waals surface area contributed by atoms with Gasteiger partial charge in [0.25, 0.3) is 0 Å². The fraction of sp³-hybridized carbons (Fsp3) is 0.368. The normalized spacial score (nSPS) is 20.3. The van der Waals surface area contributed by atoms with Crippen molar-refractivity contribution in [2.45, 2.75) is 31.6 Å². The number of aryl methyl sites for hydroxylation is 1. The van der Waals surface area contributed by atoms with Crippen molar-refractivity contribution < 1.29 is 13.2 Å². The molecule has 0 unspecified atom stereocenters. The number of methoxy groups -OCH3 is 1. The van der Waals surface area contributed by atoms with Crippen molar-refractivity contribution in [3.05, 3.63) is 59.2 Å². The maximum Gasteiger partial charge on any atom is 0.229 e. The Morgan fingerprint density at radius 1 is 1.04 bits per heavy atom. The average molecular weight is 345 g/mol. The van der Waals surface area contributed by atoms with Gasteiger partial charge in [0.2, 0.25) is 10.0 Å². The molecule has 2 aromatic carbocycles. The molecule has 1 aliphatic carbocycles. The fourth-order valence-electron chi connectivity index (χ4n) is 3.31. The van der Waals surface area contributed by atoms with Crippen LogP contribution in [-0.4, -0.2) is 21.8 Å². The summed E-state index contributed by atoms with van der Waals surface area (Å²) in [6, 6.07) is 14.2. The first kappa shape index (κ1) is 16.8. The van der Waals surface area contributed by atoms with Crippen molar-refractivity contribution in [1.29, 1.82) is 0 Å². The molecule has 0 amide bonds. The van der Waals surface area contributed by atoms with Gasteiger partial charge in [-0.05, 0) is 60.9 Å². The van der Waals surface area contributed by atoms with Gasteiger partial charge in [0.15, 0.2) is 0 Å². The molecule has 0 atom stereocenters. The first-order valence-corrected chi connectivity index (χ1v) is 9.97. The van der Waals surface area contributed by atoms with Gasteiger partial charge in [0.1, 0.15) is 5.75 Å². The summed E-state index contributed by atoms with van der Waals surface area (Å²) in [5, 5.41) is 0. The summed E-state index contributed by atoms with van der Waals surface area (Å²) in [6.45, 7) is 2.10. The molecule has 0 heterocycles. The zero-order chi connectivity index (χ0) is 17.3. The lowest BCUT2D eigenvalue weighted by atomic mass is 9.68. The lowest BCUT2D eigenvalue weighted by Gasteiger charge is -2.37. The molecule has 2 aromatic rings. The molecule has 1 N–H and O–H groups in total. The molecule has 0 aromatic heterocycles.